The van der Waals surface area contributed by atoms with Crippen molar-refractivity contribution in [3.05, 3.63) is 35.9 Å². The van der Waals surface area contributed by atoms with E-state index in [9.17, 15) is 0 Å². The van der Waals surface area contributed by atoms with Crippen molar-refractivity contribution in [2.24, 2.45) is 0 Å². The van der Waals surface area contributed by atoms with E-state index in [1.807, 2.05) is 18.2 Å². The average Bonchev–Trinajstić information content (AvgIpc) is 3.00. The molecule has 0 aliphatic heterocycles. The topological polar surface area (TPSA) is 72.1 Å². The number of nitrogens with one attached hydrogen (secondary N) is 2. The lowest BCUT2D eigenvalue weighted by Gasteiger charge is -2.10. The van der Waals surface area contributed by atoms with Crippen LogP contribution in [0.2, 0.25) is 0 Å². The quantitative estimate of drug-likeness (QED) is 0.716. The summed E-state index contributed by atoms with van der Waals surface area (Å²) in [5.74, 6) is 2.44. The lowest BCUT2D eigenvalue weighted by Crippen LogP contribution is -2.15. The maximum absolute atomic E-state index is 5.28. The second-order valence-electron chi connectivity index (χ2n) is 4.40. The molecular weight excluding hydrogens is 256 g/mol. The van der Waals surface area contributed by atoms with Gasteiger partial charge in [0.25, 0.3) is 0 Å². The van der Waals surface area contributed by atoms with Crippen LogP contribution in [0, 0.1) is 0 Å². The van der Waals surface area contributed by atoms with E-state index in [0.717, 1.165) is 43.3 Å². The van der Waals surface area contributed by atoms with E-state index < -0.39 is 0 Å². The maximum Gasteiger partial charge on any atom is 0.161 e. The van der Waals surface area contributed by atoms with E-state index in [1.165, 1.54) is 11.9 Å². The molecule has 0 aliphatic carbocycles. The van der Waals surface area contributed by atoms with Gasteiger partial charge in [-0.15, -0.1) is 0 Å². The number of nitrogens with zero attached hydrogens (tertiary/aromatic N) is 2. The van der Waals surface area contributed by atoms with Crippen LogP contribution >= 0.6 is 0 Å². The summed E-state index contributed by atoms with van der Waals surface area (Å²) in [6.07, 6.45) is 3.45. The molecule has 108 valence electrons. The predicted molar refractivity (Wildman–Crippen MR) is 76.0 cm³/mol. The molecule has 0 spiro atoms. The van der Waals surface area contributed by atoms with Gasteiger partial charge < -0.3 is 14.8 Å². The fourth-order valence-corrected chi connectivity index (χ4v) is 1.96. The van der Waals surface area contributed by atoms with Crippen molar-refractivity contribution in [1.29, 1.82) is 0 Å². The highest BCUT2D eigenvalue weighted by Gasteiger charge is 2.04. The first kappa shape index (κ1) is 14.3. The van der Waals surface area contributed by atoms with E-state index >= 15 is 0 Å². The molecule has 1 aromatic heterocycles. The molecule has 0 unspecified atom stereocenters. The Bertz CT molecular complexity index is 514. The SMILES string of the molecule is COc1ccc(CNCCCc2ncn[nH]2)cc1OC. The third-order valence-electron chi connectivity index (χ3n) is 3.01. The minimum absolute atomic E-state index is 0.751. The first-order valence-electron chi connectivity index (χ1n) is 6.59. The monoisotopic (exact) mass is 276 g/mol. The van der Waals surface area contributed by atoms with Gasteiger partial charge in [-0.05, 0) is 30.7 Å². The molecule has 0 aliphatic rings. The smallest absolute Gasteiger partial charge is 0.161 e. The molecule has 0 atom stereocenters. The summed E-state index contributed by atoms with van der Waals surface area (Å²) in [4.78, 5) is 4.09. The minimum atomic E-state index is 0.751. The number of rotatable bonds is 8. The number of hydrogen-bond acceptors (Lipinski definition) is 5. The molecule has 0 saturated heterocycles. The lowest BCUT2D eigenvalue weighted by atomic mass is 10.2. The van der Waals surface area contributed by atoms with E-state index in [1.54, 1.807) is 14.2 Å². The van der Waals surface area contributed by atoms with Gasteiger partial charge in [-0.3, -0.25) is 5.10 Å². The second kappa shape index (κ2) is 7.49. The molecule has 1 aromatic carbocycles. The Labute approximate surface area is 118 Å². The highest BCUT2D eigenvalue weighted by atomic mass is 16.5. The van der Waals surface area contributed by atoms with Crippen LogP contribution in [0.4, 0.5) is 0 Å². The van der Waals surface area contributed by atoms with E-state index in [2.05, 4.69) is 20.5 Å². The van der Waals surface area contributed by atoms with Crippen LogP contribution in [0.5, 0.6) is 11.5 Å². The standard InChI is InChI=1S/C14H20N4O2/c1-19-12-6-5-11(8-13(12)20-2)9-15-7-3-4-14-16-10-17-18-14/h5-6,8,10,15H,3-4,7,9H2,1-2H3,(H,16,17,18). The molecule has 2 N–H and O–H groups in total. The molecule has 0 fully saturated rings. The molecule has 6 nitrogen and oxygen atoms in total. The molecule has 0 amide bonds. The number of hydrogen-bond donors (Lipinski definition) is 2. The molecule has 2 rings (SSSR count). The van der Waals surface area contributed by atoms with Crippen LogP contribution in [-0.2, 0) is 13.0 Å². The van der Waals surface area contributed by atoms with E-state index in [0.29, 0.717) is 0 Å². The Kier molecular flexibility index (Phi) is 5.37. The largest absolute Gasteiger partial charge is 0.493 e. The predicted octanol–water partition coefficient (Wildman–Crippen LogP) is 1.54. The number of methoxy groups -OCH3 is 2. The van der Waals surface area contributed by atoms with Crippen LogP contribution < -0.4 is 14.8 Å². The van der Waals surface area contributed by atoms with E-state index in [4.69, 9.17) is 9.47 Å². The van der Waals surface area contributed by atoms with Gasteiger partial charge in [0.05, 0.1) is 14.2 Å². The molecule has 6 heteroatoms. The van der Waals surface area contributed by atoms with Crippen molar-refractivity contribution in [2.45, 2.75) is 19.4 Å². The Morgan fingerprint density at radius 2 is 2.05 bits per heavy atom. The van der Waals surface area contributed by atoms with Crippen molar-refractivity contribution in [3.8, 4) is 11.5 Å². The fraction of sp³-hybridized carbons (Fsp3) is 0.429. The van der Waals surface area contributed by atoms with Crippen molar-refractivity contribution >= 4 is 0 Å². The summed E-state index contributed by atoms with van der Waals surface area (Å²) in [7, 11) is 3.28. The minimum Gasteiger partial charge on any atom is -0.493 e. The molecule has 0 bridgehead atoms. The zero-order chi connectivity index (χ0) is 14.2. The third kappa shape index (κ3) is 3.96. The van der Waals surface area contributed by atoms with Crippen molar-refractivity contribution in [3.63, 3.8) is 0 Å². The van der Waals surface area contributed by atoms with Crippen LogP contribution in [0.25, 0.3) is 0 Å². The van der Waals surface area contributed by atoms with Gasteiger partial charge in [-0.25, -0.2) is 4.98 Å². The second-order valence-corrected chi connectivity index (χ2v) is 4.40. The van der Waals surface area contributed by atoms with Gasteiger partial charge in [0, 0.05) is 13.0 Å². The molecule has 20 heavy (non-hydrogen) atoms. The fourth-order valence-electron chi connectivity index (χ4n) is 1.96. The highest BCUT2D eigenvalue weighted by Crippen LogP contribution is 2.27. The lowest BCUT2D eigenvalue weighted by molar-refractivity contribution is 0.354. The van der Waals surface area contributed by atoms with Gasteiger partial charge in [0.1, 0.15) is 12.2 Å². The van der Waals surface area contributed by atoms with Gasteiger partial charge in [-0.1, -0.05) is 6.07 Å². The van der Waals surface area contributed by atoms with Crippen molar-refractivity contribution < 1.29 is 9.47 Å². The molecule has 2 aromatic rings. The van der Waals surface area contributed by atoms with Crippen LogP contribution in [0.15, 0.2) is 24.5 Å². The summed E-state index contributed by atoms with van der Waals surface area (Å²) in [5, 5.41) is 10.1. The average molecular weight is 276 g/mol. The number of ether oxygens (including phenoxy) is 2. The Balaban J connectivity index is 1.73. The molecule has 0 saturated carbocycles. The summed E-state index contributed by atoms with van der Waals surface area (Å²) in [6, 6.07) is 5.94. The summed E-state index contributed by atoms with van der Waals surface area (Å²) < 4.78 is 10.5. The highest BCUT2D eigenvalue weighted by molar-refractivity contribution is 5.42. The van der Waals surface area contributed by atoms with Gasteiger partial charge in [0.15, 0.2) is 11.5 Å². The molecule has 0 radical (unpaired) electrons. The van der Waals surface area contributed by atoms with E-state index in [-0.39, 0.29) is 0 Å². The number of benzene rings is 1. The van der Waals surface area contributed by atoms with Crippen molar-refractivity contribution in [1.82, 2.24) is 20.5 Å². The van der Waals surface area contributed by atoms with Gasteiger partial charge in [0.2, 0.25) is 0 Å². The Morgan fingerprint density at radius 1 is 1.20 bits per heavy atom. The summed E-state index contributed by atoms with van der Waals surface area (Å²) in [5.41, 5.74) is 1.17. The van der Waals surface area contributed by atoms with Gasteiger partial charge in [-0.2, -0.15) is 5.10 Å². The zero-order valence-corrected chi connectivity index (χ0v) is 11.8. The number of aromatic nitrogens is 3. The Morgan fingerprint density at radius 3 is 2.75 bits per heavy atom. The number of aryl methyl sites for hydroxylation is 1. The molecule has 1 heterocycles. The number of aromatic amines is 1. The molecular formula is C14H20N4O2. The third-order valence-corrected chi connectivity index (χ3v) is 3.01. The maximum atomic E-state index is 5.28. The normalized spacial score (nSPS) is 10.5. The summed E-state index contributed by atoms with van der Waals surface area (Å²) in [6.45, 7) is 1.73. The van der Waals surface area contributed by atoms with Crippen LogP contribution in [0.1, 0.15) is 17.8 Å². The first-order chi connectivity index (χ1) is 9.83. The van der Waals surface area contributed by atoms with Crippen molar-refractivity contribution in [2.75, 3.05) is 20.8 Å². The summed E-state index contributed by atoms with van der Waals surface area (Å²) >= 11 is 0. The number of H-pyrrole nitrogens is 1. The van der Waals surface area contributed by atoms with Crippen LogP contribution in [-0.4, -0.2) is 35.9 Å². The van der Waals surface area contributed by atoms with Crippen LogP contribution in [0.3, 0.4) is 0 Å². The van der Waals surface area contributed by atoms with Gasteiger partial charge >= 0.3 is 0 Å². The Hall–Kier alpha value is -2.08. The first-order valence-corrected chi connectivity index (χ1v) is 6.59. The zero-order valence-electron chi connectivity index (χ0n) is 11.8.